The predicted molar refractivity (Wildman–Crippen MR) is 122 cm³/mol. The Morgan fingerprint density at radius 3 is 2.61 bits per heavy atom. The van der Waals surface area contributed by atoms with E-state index in [-0.39, 0.29) is 6.04 Å². The summed E-state index contributed by atoms with van der Waals surface area (Å²) in [5.41, 5.74) is 6.34. The summed E-state index contributed by atoms with van der Waals surface area (Å²) < 4.78 is 7.31. The monoisotopic (exact) mass is 480 g/mol. The van der Waals surface area contributed by atoms with Gasteiger partial charge in [-0.3, -0.25) is 0 Å². The van der Waals surface area contributed by atoms with Crippen molar-refractivity contribution in [1.29, 1.82) is 0 Å². The van der Waals surface area contributed by atoms with Crippen LogP contribution >= 0.6 is 22.6 Å². The molecule has 3 nitrogen and oxygen atoms in total. The summed E-state index contributed by atoms with van der Waals surface area (Å²) in [6.45, 7) is 1.57. The fourth-order valence-corrected chi connectivity index (χ4v) is 4.34. The van der Waals surface area contributed by atoms with Crippen LogP contribution in [-0.2, 0) is 13.0 Å². The Labute approximate surface area is 178 Å². The number of hydrogen-bond acceptors (Lipinski definition) is 2. The van der Waals surface area contributed by atoms with Crippen LogP contribution in [0.4, 0.5) is 0 Å². The van der Waals surface area contributed by atoms with Gasteiger partial charge in [0.25, 0.3) is 0 Å². The average Bonchev–Trinajstić information content (AvgIpc) is 3.12. The van der Waals surface area contributed by atoms with E-state index >= 15 is 0 Å². The quantitative estimate of drug-likeness (QED) is 0.374. The van der Waals surface area contributed by atoms with Crippen molar-refractivity contribution < 1.29 is 4.74 Å². The van der Waals surface area contributed by atoms with Crippen LogP contribution in [0.3, 0.4) is 0 Å². The molecule has 3 aromatic carbocycles. The van der Waals surface area contributed by atoms with Gasteiger partial charge < -0.3 is 15.0 Å². The van der Waals surface area contributed by atoms with Crippen molar-refractivity contribution in [3.8, 4) is 5.75 Å². The van der Waals surface area contributed by atoms with Crippen molar-refractivity contribution in [2.45, 2.75) is 19.1 Å². The molecule has 0 saturated heterocycles. The standard InChI is InChI=1S/C24H21IN2O/c25-18-8-6-17(7-9-18)23-24-20(12-13-26-23)21-14-19(10-11-22(21)27-24)28-15-16-4-2-1-3-5-16/h1-11,14,23,26-27H,12-13,15H2. The van der Waals surface area contributed by atoms with Crippen LogP contribution in [-0.4, -0.2) is 11.5 Å². The Hall–Kier alpha value is -2.31. The summed E-state index contributed by atoms with van der Waals surface area (Å²) in [5, 5.41) is 4.94. The predicted octanol–water partition coefficient (Wildman–Crippen LogP) is 5.59. The van der Waals surface area contributed by atoms with Crippen LogP contribution in [0.1, 0.15) is 28.4 Å². The Morgan fingerprint density at radius 2 is 1.79 bits per heavy atom. The van der Waals surface area contributed by atoms with Gasteiger partial charge in [-0.25, -0.2) is 0 Å². The zero-order chi connectivity index (χ0) is 18.9. The van der Waals surface area contributed by atoms with E-state index in [4.69, 9.17) is 4.74 Å². The lowest BCUT2D eigenvalue weighted by Crippen LogP contribution is -2.30. The van der Waals surface area contributed by atoms with Crippen LogP contribution in [0.15, 0.2) is 72.8 Å². The van der Waals surface area contributed by atoms with Crippen LogP contribution in [0.2, 0.25) is 0 Å². The Bertz CT molecular complexity index is 1100. The van der Waals surface area contributed by atoms with E-state index in [0.717, 1.165) is 18.7 Å². The third kappa shape index (κ3) is 3.42. The second kappa shape index (κ2) is 7.60. The Kier molecular flexibility index (Phi) is 4.82. The molecule has 2 heterocycles. The second-order valence-corrected chi connectivity index (χ2v) is 8.43. The summed E-state index contributed by atoms with van der Waals surface area (Å²) in [6.07, 6.45) is 1.03. The molecule has 4 heteroatoms. The van der Waals surface area contributed by atoms with Crippen molar-refractivity contribution in [3.63, 3.8) is 0 Å². The van der Waals surface area contributed by atoms with Crippen LogP contribution < -0.4 is 10.1 Å². The number of hydrogen-bond donors (Lipinski definition) is 2. The van der Waals surface area contributed by atoms with Gasteiger partial charge in [0.15, 0.2) is 0 Å². The number of nitrogens with one attached hydrogen (secondary N) is 2. The highest BCUT2D eigenvalue weighted by atomic mass is 127. The molecular weight excluding hydrogens is 459 g/mol. The highest BCUT2D eigenvalue weighted by molar-refractivity contribution is 14.1. The van der Waals surface area contributed by atoms with Gasteiger partial charge in [-0.2, -0.15) is 0 Å². The summed E-state index contributed by atoms with van der Waals surface area (Å²) in [6, 6.07) is 25.7. The first-order valence-electron chi connectivity index (χ1n) is 9.58. The maximum atomic E-state index is 6.05. The molecule has 0 saturated carbocycles. The third-order valence-corrected chi connectivity index (χ3v) is 6.09. The van der Waals surface area contributed by atoms with Crippen LogP contribution in [0.25, 0.3) is 10.9 Å². The topological polar surface area (TPSA) is 37.0 Å². The lowest BCUT2D eigenvalue weighted by atomic mass is 9.94. The van der Waals surface area contributed by atoms with Gasteiger partial charge in [0, 0.05) is 26.7 Å². The Balaban J connectivity index is 1.47. The zero-order valence-electron chi connectivity index (χ0n) is 15.4. The van der Waals surface area contributed by atoms with E-state index in [0.29, 0.717) is 6.61 Å². The highest BCUT2D eigenvalue weighted by Gasteiger charge is 2.25. The molecule has 1 aromatic heterocycles. The molecular formula is C24H21IN2O. The van der Waals surface area contributed by atoms with Crippen LogP contribution in [0, 0.1) is 3.57 Å². The van der Waals surface area contributed by atoms with Gasteiger partial charge in [0.2, 0.25) is 0 Å². The fraction of sp³-hybridized carbons (Fsp3) is 0.167. The number of fused-ring (bicyclic) bond motifs is 3. The minimum atomic E-state index is 0.210. The van der Waals surface area contributed by atoms with Crippen LogP contribution in [0.5, 0.6) is 5.75 Å². The van der Waals surface area contributed by atoms with Gasteiger partial charge in [-0.05, 0) is 76.0 Å². The lowest BCUT2D eigenvalue weighted by molar-refractivity contribution is 0.306. The number of halogens is 1. The molecule has 1 atom stereocenters. The number of rotatable bonds is 4. The fourth-order valence-electron chi connectivity index (χ4n) is 3.98. The van der Waals surface area contributed by atoms with E-state index in [1.54, 1.807) is 0 Å². The maximum Gasteiger partial charge on any atom is 0.120 e. The number of aromatic nitrogens is 1. The van der Waals surface area contributed by atoms with Crippen molar-refractivity contribution >= 4 is 33.5 Å². The van der Waals surface area contributed by atoms with E-state index in [9.17, 15) is 0 Å². The van der Waals surface area contributed by atoms with E-state index in [1.165, 1.54) is 36.9 Å². The molecule has 4 aromatic rings. The molecule has 1 unspecified atom stereocenters. The average molecular weight is 480 g/mol. The number of H-pyrrole nitrogens is 1. The summed E-state index contributed by atoms with van der Waals surface area (Å²) in [5.74, 6) is 0.919. The molecule has 1 aliphatic heterocycles. The smallest absolute Gasteiger partial charge is 0.120 e. The first kappa shape index (κ1) is 17.8. The normalized spacial score (nSPS) is 16.1. The van der Waals surface area contributed by atoms with E-state index in [2.05, 4.69) is 87.5 Å². The molecule has 28 heavy (non-hydrogen) atoms. The van der Waals surface area contributed by atoms with Gasteiger partial charge in [-0.1, -0.05) is 42.5 Å². The molecule has 0 radical (unpaired) electrons. The molecule has 2 N–H and O–H groups in total. The first-order chi connectivity index (χ1) is 13.8. The molecule has 0 spiro atoms. The number of benzene rings is 3. The van der Waals surface area contributed by atoms with Gasteiger partial charge in [0.1, 0.15) is 12.4 Å². The lowest BCUT2D eigenvalue weighted by Gasteiger charge is -2.25. The first-order valence-corrected chi connectivity index (χ1v) is 10.7. The minimum absolute atomic E-state index is 0.210. The molecule has 0 fully saturated rings. The van der Waals surface area contributed by atoms with Crippen molar-refractivity contribution in [3.05, 3.63) is 98.8 Å². The molecule has 0 amide bonds. The molecule has 0 aliphatic carbocycles. The van der Waals surface area contributed by atoms with Crippen molar-refractivity contribution in [1.82, 2.24) is 10.3 Å². The van der Waals surface area contributed by atoms with Gasteiger partial charge >= 0.3 is 0 Å². The van der Waals surface area contributed by atoms with E-state index < -0.39 is 0 Å². The van der Waals surface area contributed by atoms with Crippen molar-refractivity contribution in [2.75, 3.05) is 6.54 Å². The van der Waals surface area contributed by atoms with E-state index in [1.807, 2.05) is 18.2 Å². The third-order valence-electron chi connectivity index (χ3n) is 5.37. The van der Waals surface area contributed by atoms with Gasteiger partial charge in [0.05, 0.1) is 6.04 Å². The minimum Gasteiger partial charge on any atom is -0.489 e. The summed E-state index contributed by atoms with van der Waals surface area (Å²) in [4.78, 5) is 3.66. The zero-order valence-corrected chi connectivity index (χ0v) is 17.6. The molecule has 5 rings (SSSR count). The summed E-state index contributed by atoms with van der Waals surface area (Å²) >= 11 is 2.35. The SMILES string of the molecule is Ic1ccc(C2NCCc3c2[nH]c2ccc(OCc4ccccc4)cc32)cc1. The number of aromatic amines is 1. The molecule has 0 bridgehead atoms. The summed E-state index contributed by atoms with van der Waals surface area (Å²) in [7, 11) is 0. The number of ether oxygens (including phenoxy) is 1. The highest BCUT2D eigenvalue weighted by Crippen LogP contribution is 2.35. The Morgan fingerprint density at radius 1 is 0.964 bits per heavy atom. The van der Waals surface area contributed by atoms with Gasteiger partial charge in [-0.15, -0.1) is 0 Å². The van der Waals surface area contributed by atoms with Crippen molar-refractivity contribution in [2.24, 2.45) is 0 Å². The maximum absolute atomic E-state index is 6.05. The molecule has 1 aliphatic rings. The second-order valence-electron chi connectivity index (χ2n) is 7.19. The largest absolute Gasteiger partial charge is 0.489 e. The molecule has 140 valence electrons.